The van der Waals surface area contributed by atoms with E-state index >= 15 is 0 Å². The van der Waals surface area contributed by atoms with Gasteiger partial charge in [-0.3, -0.25) is 0 Å². The smallest absolute Gasteiger partial charge is 0.0205 e. The van der Waals surface area contributed by atoms with Crippen LogP contribution in [0.1, 0.15) is 44.1 Å². The van der Waals surface area contributed by atoms with Gasteiger partial charge in [-0.1, -0.05) is 49.6 Å². The van der Waals surface area contributed by atoms with Crippen molar-refractivity contribution in [1.29, 1.82) is 0 Å². The van der Waals surface area contributed by atoms with E-state index < -0.39 is 0 Å². The maximum atomic E-state index is 3.58. The van der Waals surface area contributed by atoms with E-state index in [1.54, 1.807) is 0 Å². The summed E-state index contributed by atoms with van der Waals surface area (Å²) in [5.74, 6) is 0. The van der Waals surface area contributed by atoms with Crippen LogP contribution in [-0.2, 0) is 6.54 Å². The summed E-state index contributed by atoms with van der Waals surface area (Å²) in [4.78, 5) is 0. The predicted molar refractivity (Wildman–Crippen MR) is 77.6 cm³/mol. The molecule has 1 fully saturated rings. The van der Waals surface area contributed by atoms with Crippen LogP contribution >= 0.6 is 0 Å². The fraction of sp³-hybridized carbons (Fsp3) is 0.625. The zero-order valence-corrected chi connectivity index (χ0v) is 11.5. The van der Waals surface area contributed by atoms with E-state index in [2.05, 4.69) is 48.0 Å². The number of hydrogen-bond donors (Lipinski definition) is 2. The second-order valence-electron chi connectivity index (χ2n) is 5.50. The van der Waals surface area contributed by atoms with Crippen LogP contribution in [0, 0.1) is 0 Å². The Bertz CT molecular complexity index is 328. The molecule has 0 aliphatic heterocycles. The molecule has 0 aromatic heterocycles. The Hall–Kier alpha value is -0.860. The van der Waals surface area contributed by atoms with Crippen molar-refractivity contribution in [3.8, 4) is 0 Å². The first-order valence-corrected chi connectivity index (χ1v) is 7.28. The third-order valence-corrected chi connectivity index (χ3v) is 4.29. The maximum absolute atomic E-state index is 3.58. The molecular formula is C16H26N2. The molecule has 0 saturated heterocycles. The van der Waals surface area contributed by atoms with Gasteiger partial charge < -0.3 is 10.6 Å². The summed E-state index contributed by atoms with van der Waals surface area (Å²) >= 11 is 0. The van der Waals surface area contributed by atoms with Crippen LogP contribution in [0.4, 0.5) is 0 Å². The van der Waals surface area contributed by atoms with Gasteiger partial charge in [-0.25, -0.2) is 0 Å². The minimum Gasteiger partial charge on any atom is -0.314 e. The molecule has 0 atom stereocenters. The zero-order valence-electron chi connectivity index (χ0n) is 11.5. The minimum absolute atomic E-state index is 0.405. The molecular weight excluding hydrogens is 220 g/mol. The van der Waals surface area contributed by atoms with Gasteiger partial charge in [-0.2, -0.15) is 0 Å². The highest BCUT2D eigenvalue weighted by atomic mass is 15.0. The molecule has 2 heteroatoms. The molecule has 2 nitrogen and oxygen atoms in total. The van der Waals surface area contributed by atoms with Gasteiger partial charge in [0.05, 0.1) is 0 Å². The summed E-state index contributed by atoms with van der Waals surface area (Å²) in [6.07, 6.45) is 8.13. The third-order valence-electron chi connectivity index (χ3n) is 4.29. The van der Waals surface area contributed by atoms with Crippen molar-refractivity contribution in [3.63, 3.8) is 0 Å². The normalized spacial score (nSPS) is 18.7. The highest BCUT2D eigenvalue weighted by molar-refractivity contribution is 5.14. The molecule has 0 spiro atoms. The lowest BCUT2D eigenvalue weighted by molar-refractivity contribution is 0.228. The summed E-state index contributed by atoms with van der Waals surface area (Å²) in [5, 5.41) is 7.14. The molecule has 2 rings (SSSR count). The molecule has 0 bridgehead atoms. The highest BCUT2D eigenvalue weighted by Gasteiger charge is 2.29. The fourth-order valence-corrected chi connectivity index (χ4v) is 3.01. The van der Waals surface area contributed by atoms with Crippen molar-refractivity contribution < 1.29 is 0 Å². The number of rotatable bonds is 6. The molecule has 1 aliphatic carbocycles. The lowest BCUT2D eigenvalue weighted by Gasteiger charge is -2.37. The van der Waals surface area contributed by atoms with E-state index in [0.29, 0.717) is 5.54 Å². The minimum atomic E-state index is 0.405. The first-order valence-electron chi connectivity index (χ1n) is 7.28. The molecule has 0 unspecified atom stereocenters. The average Bonchev–Trinajstić information content (AvgIpc) is 2.46. The number of hydrogen-bond acceptors (Lipinski definition) is 2. The van der Waals surface area contributed by atoms with Crippen LogP contribution in [0.5, 0.6) is 0 Å². The Kier molecular flexibility index (Phi) is 5.21. The second kappa shape index (κ2) is 6.91. The molecule has 1 saturated carbocycles. The maximum Gasteiger partial charge on any atom is 0.0205 e. The van der Waals surface area contributed by atoms with Crippen LogP contribution in [0.2, 0.25) is 0 Å². The van der Waals surface area contributed by atoms with Gasteiger partial charge in [0.15, 0.2) is 0 Å². The SMILES string of the molecule is CNC1(CCNCc2ccccc2)CCCCC1. The van der Waals surface area contributed by atoms with Crippen molar-refractivity contribution in [2.24, 2.45) is 0 Å². The lowest BCUT2D eigenvalue weighted by atomic mass is 9.79. The van der Waals surface area contributed by atoms with Crippen molar-refractivity contribution in [3.05, 3.63) is 35.9 Å². The summed E-state index contributed by atoms with van der Waals surface area (Å²) in [7, 11) is 2.13. The predicted octanol–water partition coefficient (Wildman–Crippen LogP) is 3.09. The van der Waals surface area contributed by atoms with E-state index in [-0.39, 0.29) is 0 Å². The summed E-state index contributed by atoms with van der Waals surface area (Å²) in [6.45, 7) is 2.09. The molecule has 0 radical (unpaired) electrons. The summed E-state index contributed by atoms with van der Waals surface area (Å²) in [5.41, 5.74) is 1.78. The van der Waals surface area contributed by atoms with Crippen molar-refractivity contribution in [2.45, 2.75) is 50.6 Å². The molecule has 2 N–H and O–H groups in total. The Morgan fingerprint density at radius 2 is 1.78 bits per heavy atom. The molecule has 1 aromatic rings. The quantitative estimate of drug-likeness (QED) is 0.754. The molecule has 18 heavy (non-hydrogen) atoms. The Balaban J connectivity index is 1.71. The summed E-state index contributed by atoms with van der Waals surface area (Å²) < 4.78 is 0. The first-order chi connectivity index (χ1) is 8.85. The van der Waals surface area contributed by atoms with Gasteiger partial charge in [0, 0.05) is 12.1 Å². The zero-order chi connectivity index (χ0) is 12.7. The van der Waals surface area contributed by atoms with E-state index in [9.17, 15) is 0 Å². The van der Waals surface area contributed by atoms with Gasteiger partial charge in [-0.15, -0.1) is 0 Å². The first kappa shape index (κ1) is 13.6. The van der Waals surface area contributed by atoms with Crippen molar-refractivity contribution in [2.75, 3.05) is 13.6 Å². The molecule has 1 aromatic carbocycles. The largest absolute Gasteiger partial charge is 0.314 e. The Morgan fingerprint density at radius 3 is 2.44 bits per heavy atom. The summed E-state index contributed by atoms with van der Waals surface area (Å²) in [6, 6.07) is 10.6. The topological polar surface area (TPSA) is 24.1 Å². The van der Waals surface area contributed by atoms with Crippen molar-refractivity contribution >= 4 is 0 Å². The van der Waals surface area contributed by atoms with Crippen LogP contribution in [0.25, 0.3) is 0 Å². The molecule has 1 aliphatic rings. The average molecular weight is 246 g/mol. The van der Waals surface area contributed by atoms with Crippen LogP contribution in [0.15, 0.2) is 30.3 Å². The van der Waals surface area contributed by atoms with Gasteiger partial charge in [0.1, 0.15) is 0 Å². The van der Waals surface area contributed by atoms with E-state index in [0.717, 1.165) is 13.1 Å². The lowest BCUT2D eigenvalue weighted by Crippen LogP contribution is -2.46. The van der Waals surface area contributed by atoms with Gasteiger partial charge in [-0.05, 0) is 38.4 Å². The van der Waals surface area contributed by atoms with E-state index in [4.69, 9.17) is 0 Å². The number of benzene rings is 1. The Labute approximate surface area is 111 Å². The van der Waals surface area contributed by atoms with Gasteiger partial charge in [0.2, 0.25) is 0 Å². The highest BCUT2D eigenvalue weighted by Crippen LogP contribution is 2.30. The number of nitrogens with one attached hydrogen (secondary N) is 2. The van der Waals surface area contributed by atoms with E-state index in [1.165, 1.54) is 44.1 Å². The monoisotopic (exact) mass is 246 g/mol. The Morgan fingerprint density at radius 1 is 1.06 bits per heavy atom. The fourth-order valence-electron chi connectivity index (χ4n) is 3.01. The van der Waals surface area contributed by atoms with Gasteiger partial charge >= 0.3 is 0 Å². The molecule has 100 valence electrons. The van der Waals surface area contributed by atoms with Crippen LogP contribution in [-0.4, -0.2) is 19.1 Å². The van der Waals surface area contributed by atoms with Crippen LogP contribution in [0.3, 0.4) is 0 Å². The van der Waals surface area contributed by atoms with E-state index in [1.807, 2.05) is 0 Å². The van der Waals surface area contributed by atoms with Crippen LogP contribution < -0.4 is 10.6 Å². The van der Waals surface area contributed by atoms with Gasteiger partial charge in [0.25, 0.3) is 0 Å². The van der Waals surface area contributed by atoms with Crippen molar-refractivity contribution in [1.82, 2.24) is 10.6 Å². The standard InChI is InChI=1S/C16H26N2/c1-17-16(10-6-3-7-11-16)12-13-18-14-15-8-4-2-5-9-15/h2,4-5,8-9,17-18H,3,6-7,10-14H2,1H3. The second-order valence-corrected chi connectivity index (χ2v) is 5.50. The molecule has 0 heterocycles. The third kappa shape index (κ3) is 3.82. The molecule has 0 amide bonds.